The van der Waals surface area contributed by atoms with Gasteiger partial charge in [0.1, 0.15) is 0 Å². The molecule has 4 amide bonds. The maximum atomic E-state index is 12.6. The van der Waals surface area contributed by atoms with E-state index in [1.54, 1.807) is 4.90 Å². The number of hydrogen-bond donors (Lipinski definition) is 4. The highest BCUT2D eigenvalue weighted by Gasteiger charge is 2.24. The van der Waals surface area contributed by atoms with Gasteiger partial charge in [0.05, 0.1) is 5.69 Å². The molecule has 4 N–H and O–H groups in total. The van der Waals surface area contributed by atoms with Crippen molar-refractivity contribution in [2.75, 3.05) is 41.8 Å². The minimum atomic E-state index is -0.371. The number of urea groups is 2. The first kappa shape index (κ1) is 19.3. The quantitative estimate of drug-likeness (QED) is 0.634. The number of nitrogens with zero attached hydrogens (tertiary/aromatic N) is 2. The van der Waals surface area contributed by atoms with Gasteiger partial charge in [-0.1, -0.05) is 6.07 Å². The number of rotatable bonds is 4. The van der Waals surface area contributed by atoms with Crippen molar-refractivity contribution in [1.29, 1.82) is 0 Å². The average Bonchev–Trinajstić information content (AvgIpc) is 3.30. The Morgan fingerprint density at radius 1 is 1.21 bits per heavy atom. The summed E-state index contributed by atoms with van der Waals surface area (Å²) in [4.78, 5) is 26.2. The van der Waals surface area contributed by atoms with E-state index in [-0.39, 0.29) is 12.1 Å². The van der Waals surface area contributed by atoms with Crippen LogP contribution in [0.3, 0.4) is 0 Å². The van der Waals surface area contributed by atoms with Gasteiger partial charge >= 0.3 is 12.1 Å². The van der Waals surface area contributed by atoms with E-state index in [0.29, 0.717) is 30.5 Å². The summed E-state index contributed by atoms with van der Waals surface area (Å²) in [6, 6.07) is 5.03. The van der Waals surface area contributed by atoms with Crippen molar-refractivity contribution in [3.63, 3.8) is 0 Å². The van der Waals surface area contributed by atoms with Gasteiger partial charge in [-0.3, -0.25) is 15.3 Å². The third-order valence-electron chi connectivity index (χ3n) is 5.61. The lowest BCUT2D eigenvalue weighted by molar-refractivity contribution is 0.0844. The number of ether oxygens (including phenoxy) is 1. The average molecular weight is 398 g/mol. The van der Waals surface area contributed by atoms with E-state index in [4.69, 9.17) is 4.74 Å². The number of nitrogens with one attached hydrogen (secondary N) is 4. The van der Waals surface area contributed by atoms with Crippen LogP contribution in [0.5, 0.6) is 0 Å². The Hall–Kier alpha value is -3.07. The summed E-state index contributed by atoms with van der Waals surface area (Å²) in [5.41, 5.74) is 4.28. The number of hydrogen-bond acceptors (Lipinski definition) is 4. The molecule has 3 heterocycles. The maximum Gasteiger partial charge on any atom is 0.324 e. The Morgan fingerprint density at radius 2 is 2.00 bits per heavy atom. The van der Waals surface area contributed by atoms with Crippen LogP contribution in [0.25, 0.3) is 0 Å². The summed E-state index contributed by atoms with van der Waals surface area (Å²) in [6.07, 6.45) is 1.90. The SMILES string of the molecule is Cc1c(NC(=O)Nc2n[nH]c(C3CCOCC3)c2C)cccc1N1CCNC1=O. The standard InChI is InChI=1S/C20H26N6O3/c1-12-15(4-3-5-16(12)26-9-8-21-20(26)28)22-19(27)23-18-13(2)17(24-25-18)14-6-10-29-11-7-14/h3-5,14H,6-11H2,1-2H3,(H,21,28)(H3,22,23,24,25,27). The first-order valence-corrected chi connectivity index (χ1v) is 9.90. The van der Waals surface area contributed by atoms with Crippen LogP contribution in [0.2, 0.25) is 0 Å². The van der Waals surface area contributed by atoms with E-state index in [1.807, 2.05) is 32.0 Å². The van der Waals surface area contributed by atoms with Crippen molar-refractivity contribution in [3.05, 3.63) is 35.0 Å². The number of benzene rings is 1. The smallest absolute Gasteiger partial charge is 0.324 e. The molecule has 0 saturated carbocycles. The summed E-state index contributed by atoms with van der Waals surface area (Å²) in [5, 5.41) is 15.9. The summed E-state index contributed by atoms with van der Waals surface area (Å²) in [5.74, 6) is 0.900. The Kier molecular flexibility index (Phi) is 5.39. The molecule has 29 heavy (non-hydrogen) atoms. The molecule has 4 rings (SSSR count). The van der Waals surface area contributed by atoms with Gasteiger partial charge in [-0.05, 0) is 44.4 Å². The molecule has 9 heteroatoms. The highest BCUT2D eigenvalue weighted by molar-refractivity contribution is 6.02. The minimum absolute atomic E-state index is 0.123. The second kappa shape index (κ2) is 8.12. The summed E-state index contributed by atoms with van der Waals surface area (Å²) >= 11 is 0. The zero-order valence-electron chi connectivity index (χ0n) is 16.7. The molecule has 1 aromatic heterocycles. The van der Waals surface area contributed by atoms with Crippen molar-refractivity contribution in [1.82, 2.24) is 15.5 Å². The van der Waals surface area contributed by atoms with Crippen LogP contribution in [0.15, 0.2) is 18.2 Å². The van der Waals surface area contributed by atoms with E-state index in [0.717, 1.165) is 48.6 Å². The molecule has 154 valence electrons. The van der Waals surface area contributed by atoms with Crippen molar-refractivity contribution in [2.24, 2.45) is 0 Å². The molecular weight excluding hydrogens is 372 g/mol. The van der Waals surface area contributed by atoms with Crippen molar-refractivity contribution in [2.45, 2.75) is 32.6 Å². The summed E-state index contributed by atoms with van der Waals surface area (Å²) in [6.45, 7) is 6.57. The van der Waals surface area contributed by atoms with Crippen molar-refractivity contribution >= 4 is 29.3 Å². The molecule has 9 nitrogen and oxygen atoms in total. The molecule has 2 aromatic rings. The lowest BCUT2D eigenvalue weighted by atomic mass is 9.94. The van der Waals surface area contributed by atoms with Crippen LogP contribution < -0.4 is 20.9 Å². The molecule has 2 saturated heterocycles. The third kappa shape index (κ3) is 3.91. The molecule has 0 spiro atoms. The van der Waals surface area contributed by atoms with Crippen LogP contribution >= 0.6 is 0 Å². The normalized spacial score (nSPS) is 17.3. The van der Waals surface area contributed by atoms with Gasteiger partial charge in [-0.15, -0.1) is 0 Å². The summed E-state index contributed by atoms with van der Waals surface area (Å²) < 4.78 is 5.42. The maximum absolute atomic E-state index is 12.6. The number of carbonyl (C=O) groups is 2. The summed E-state index contributed by atoms with van der Waals surface area (Å²) in [7, 11) is 0. The van der Waals surface area contributed by atoms with Gasteiger partial charge in [-0.25, -0.2) is 9.59 Å². The highest BCUT2D eigenvalue weighted by atomic mass is 16.5. The predicted molar refractivity (Wildman–Crippen MR) is 111 cm³/mol. The topological polar surface area (TPSA) is 111 Å². The first-order chi connectivity index (χ1) is 14.0. The van der Waals surface area contributed by atoms with Gasteiger partial charge in [0.25, 0.3) is 0 Å². The Bertz CT molecular complexity index is 919. The van der Waals surface area contributed by atoms with Gasteiger partial charge in [0, 0.05) is 49.2 Å². The molecule has 2 aliphatic rings. The molecule has 0 unspecified atom stereocenters. The van der Waals surface area contributed by atoms with Gasteiger partial charge in [0.15, 0.2) is 5.82 Å². The Balaban J connectivity index is 1.45. The lowest BCUT2D eigenvalue weighted by Gasteiger charge is -2.21. The predicted octanol–water partition coefficient (Wildman–Crippen LogP) is 3.09. The number of H-pyrrole nitrogens is 1. The second-order valence-corrected chi connectivity index (χ2v) is 7.41. The monoisotopic (exact) mass is 398 g/mol. The van der Waals surface area contributed by atoms with E-state index in [2.05, 4.69) is 26.1 Å². The van der Waals surface area contributed by atoms with E-state index < -0.39 is 0 Å². The van der Waals surface area contributed by atoms with E-state index >= 15 is 0 Å². The largest absolute Gasteiger partial charge is 0.381 e. The third-order valence-corrected chi connectivity index (χ3v) is 5.61. The van der Waals surface area contributed by atoms with Crippen molar-refractivity contribution in [3.8, 4) is 0 Å². The molecule has 0 aliphatic carbocycles. The molecule has 0 atom stereocenters. The van der Waals surface area contributed by atoms with Crippen LogP contribution in [-0.4, -0.2) is 48.6 Å². The Morgan fingerprint density at radius 3 is 2.72 bits per heavy atom. The van der Waals surface area contributed by atoms with Crippen LogP contribution in [-0.2, 0) is 4.74 Å². The number of aromatic nitrogens is 2. The highest BCUT2D eigenvalue weighted by Crippen LogP contribution is 2.31. The zero-order valence-corrected chi connectivity index (χ0v) is 16.7. The van der Waals surface area contributed by atoms with E-state index in [9.17, 15) is 9.59 Å². The zero-order chi connectivity index (χ0) is 20.4. The van der Waals surface area contributed by atoms with E-state index in [1.165, 1.54) is 0 Å². The fourth-order valence-electron chi connectivity index (χ4n) is 3.93. The molecular formula is C20H26N6O3. The van der Waals surface area contributed by atoms with Crippen molar-refractivity contribution < 1.29 is 14.3 Å². The Labute approximate surface area is 169 Å². The lowest BCUT2D eigenvalue weighted by Crippen LogP contribution is -2.28. The molecule has 1 aromatic carbocycles. The van der Waals surface area contributed by atoms with Gasteiger partial charge < -0.3 is 15.4 Å². The van der Waals surface area contributed by atoms with Crippen LogP contribution in [0.1, 0.15) is 35.6 Å². The number of aromatic amines is 1. The molecule has 0 bridgehead atoms. The molecule has 2 aliphatic heterocycles. The first-order valence-electron chi connectivity index (χ1n) is 9.90. The minimum Gasteiger partial charge on any atom is -0.381 e. The number of carbonyl (C=O) groups excluding carboxylic acids is 2. The molecule has 0 radical (unpaired) electrons. The molecule has 2 fully saturated rings. The van der Waals surface area contributed by atoms with Crippen LogP contribution in [0.4, 0.5) is 26.8 Å². The second-order valence-electron chi connectivity index (χ2n) is 7.41. The van der Waals surface area contributed by atoms with Gasteiger partial charge in [-0.2, -0.15) is 5.10 Å². The van der Waals surface area contributed by atoms with Gasteiger partial charge in [0.2, 0.25) is 0 Å². The van der Waals surface area contributed by atoms with Crippen LogP contribution in [0, 0.1) is 13.8 Å². The number of amides is 4. The number of anilines is 3. The fraction of sp³-hybridized carbons (Fsp3) is 0.450. The fourth-order valence-corrected chi connectivity index (χ4v) is 3.93.